The van der Waals surface area contributed by atoms with E-state index in [-0.39, 0.29) is 11.5 Å². The van der Waals surface area contributed by atoms with Crippen LogP contribution >= 0.6 is 0 Å². The molecule has 6 heteroatoms. The van der Waals surface area contributed by atoms with Crippen LogP contribution in [0.3, 0.4) is 0 Å². The molecule has 1 aromatic carbocycles. The van der Waals surface area contributed by atoms with Crippen LogP contribution in [0.15, 0.2) is 52.1 Å². The van der Waals surface area contributed by atoms with Crippen LogP contribution in [0.5, 0.6) is 5.75 Å². The molecule has 0 aliphatic carbocycles. The Morgan fingerprint density at radius 2 is 1.97 bits per heavy atom. The van der Waals surface area contributed by atoms with E-state index < -0.39 is 0 Å². The lowest BCUT2D eigenvalue weighted by Crippen LogP contribution is -2.47. The molecule has 2 heterocycles. The molecule has 1 aliphatic rings. The number of rotatable bonds is 8. The van der Waals surface area contributed by atoms with E-state index in [1.807, 2.05) is 36.4 Å². The van der Waals surface area contributed by atoms with E-state index in [1.165, 1.54) is 6.42 Å². The minimum atomic E-state index is 0.125. The zero-order chi connectivity index (χ0) is 22.1. The van der Waals surface area contributed by atoms with E-state index in [0.717, 1.165) is 55.6 Å². The first-order valence-electron chi connectivity index (χ1n) is 11.2. The van der Waals surface area contributed by atoms with Gasteiger partial charge in [0.05, 0.1) is 26.0 Å². The van der Waals surface area contributed by atoms with Crippen LogP contribution in [0.1, 0.15) is 44.9 Å². The van der Waals surface area contributed by atoms with Crippen molar-refractivity contribution in [1.82, 2.24) is 10.6 Å². The van der Waals surface area contributed by atoms with Gasteiger partial charge < -0.3 is 24.5 Å². The van der Waals surface area contributed by atoms with Gasteiger partial charge in [-0.2, -0.15) is 0 Å². The average molecular weight is 428 g/mol. The predicted octanol–water partition coefficient (Wildman–Crippen LogP) is 4.41. The van der Waals surface area contributed by atoms with Gasteiger partial charge in [-0.25, -0.2) is 4.99 Å². The van der Waals surface area contributed by atoms with Crippen molar-refractivity contribution in [3.63, 3.8) is 0 Å². The minimum Gasteiger partial charge on any atom is -0.497 e. The molecule has 0 amide bonds. The monoisotopic (exact) mass is 427 g/mol. The van der Waals surface area contributed by atoms with Gasteiger partial charge in [-0.1, -0.05) is 32.9 Å². The molecular formula is C25H37N3O3. The van der Waals surface area contributed by atoms with Gasteiger partial charge in [0.2, 0.25) is 0 Å². The van der Waals surface area contributed by atoms with Gasteiger partial charge >= 0.3 is 0 Å². The maximum absolute atomic E-state index is 6.14. The second-order valence-electron chi connectivity index (χ2n) is 9.21. The Kier molecular flexibility index (Phi) is 8.41. The number of nitrogens with one attached hydrogen (secondary N) is 2. The van der Waals surface area contributed by atoms with Crippen molar-refractivity contribution in [2.75, 3.05) is 26.8 Å². The smallest absolute Gasteiger partial charge is 0.191 e. The van der Waals surface area contributed by atoms with E-state index in [2.05, 4.69) is 31.4 Å². The molecule has 0 saturated carbocycles. The summed E-state index contributed by atoms with van der Waals surface area (Å²) in [5.74, 6) is 3.11. The number of ether oxygens (including phenoxy) is 2. The Morgan fingerprint density at radius 3 is 2.65 bits per heavy atom. The highest BCUT2D eigenvalue weighted by Gasteiger charge is 2.35. The van der Waals surface area contributed by atoms with Gasteiger partial charge in [0.1, 0.15) is 11.5 Å². The predicted molar refractivity (Wildman–Crippen MR) is 124 cm³/mol. The summed E-state index contributed by atoms with van der Waals surface area (Å²) in [6, 6.07) is 11.9. The fraction of sp³-hybridized carbons (Fsp3) is 0.560. The highest BCUT2D eigenvalue weighted by molar-refractivity contribution is 5.79. The summed E-state index contributed by atoms with van der Waals surface area (Å²) in [4.78, 5) is 4.82. The molecule has 1 fully saturated rings. The molecule has 2 unspecified atom stereocenters. The summed E-state index contributed by atoms with van der Waals surface area (Å²) >= 11 is 0. The first-order chi connectivity index (χ1) is 15.0. The molecule has 1 aromatic heterocycles. The van der Waals surface area contributed by atoms with Crippen LogP contribution in [0.25, 0.3) is 0 Å². The number of hydrogen-bond donors (Lipinski definition) is 2. The second kappa shape index (κ2) is 11.2. The summed E-state index contributed by atoms with van der Waals surface area (Å²) in [6.07, 6.45) is 5.06. The number of benzene rings is 1. The van der Waals surface area contributed by atoms with Gasteiger partial charge in [0.15, 0.2) is 5.96 Å². The third-order valence-corrected chi connectivity index (χ3v) is 5.65. The largest absolute Gasteiger partial charge is 0.497 e. The molecule has 0 bridgehead atoms. The van der Waals surface area contributed by atoms with Crippen LogP contribution in [0.4, 0.5) is 0 Å². The van der Waals surface area contributed by atoms with Crippen molar-refractivity contribution in [3.05, 3.63) is 54.0 Å². The first kappa shape index (κ1) is 23.2. The van der Waals surface area contributed by atoms with E-state index in [9.17, 15) is 0 Å². The van der Waals surface area contributed by atoms with Gasteiger partial charge in [-0.3, -0.25) is 0 Å². The fourth-order valence-corrected chi connectivity index (χ4v) is 4.07. The highest BCUT2D eigenvalue weighted by Crippen LogP contribution is 2.33. The Balaban J connectivity index is 1.62. The molecule has 6 nitrogen and oxygen atoms in total. The average Bonchev–Trinajstić information content (AvgIpc) is 3.28. The van der Waals surface area contributed by atoms with Crippen LogP contribution < -0.4 is 15.4 Å². The Hall–Kier alpha value is -2.47. The maximum Gasteiger partial charge on any atom is 0.191 e. The lowest BCUT2D eigenvalue weighted by molar-refractivity contribution is -0.0835. The number of hydrogen-bond acceptors (Lipinski definition) is 4. The summed E-state index contributed by atoms with van der Waals surface area (Å²) in [7, 11) is 1.68. The molecule has 3 rings (SSSR count). The number of aliphatic imine (C=N–C) groups is 1. The standard InChI is InChI=1S/C25H37N3O3/c1-25(2,3)23-20(7-5-16-31-23)18-28-24(26-14-13-22-8-6-15-30-22)27-17-19-9-11-21(29-4)12-10-19/h6,8-12,15,20,23H,5,7,13-14,16-18H2,1-4H3,(H2,26,27,28). The number of methoxy groups -OCH3 is 1. The number of nitrogens with zero attached hydrogens (tertiary/aromatic N) is 1. The first-order valence-corrected chi connectivity index (χ1v) is 11.2. The normalized spacial score (nSPS) is 19.8. The topological polar surface area (TPSA) is 68.0 Å². The van der Waals surface area contributed by atoms with Crippen molar-refractivity contribution < 1.29 is 13.9 Å². The summed E-state index contributed by atoms with van der Waals surface area (Å²) in [5, 5.41) is 7.03. The van der Waals surface area contributed by atoms with Gasteiger partial charge in [-0.05, 0) is 48.1 Å². The molecule has 1 aliphatic heterocycles. The van der Waals surface area contributed by atoms with E-state index in [1.54, 1.807) is 13.4 Å². The lowest BCUT2D eigenvalue weighted by atomic mass is 9.78. The maximum atomic E-state index is 6.14. The summed E-state index contributed by atoms with van der Waals surface area (Å²) in [6.45, 7) is 9.84. The lowest BCUT2D eigenvalue weighted by Gasteiger charge is -2.40. The fourth-order valence-electron chi connectivity index (χ4n) is 4.07. The van der Waals surface area contributed by atoms with Crippen molar-refractivity contribution in [1.29, 1.82) is 0 Å². The van der Waals surface area contributed by atoms with Crippen molar-refractivity contribution in [2.45, 2.75) is 52.7 Å². The van der Waals surface area contributed by atoms with Crippen molar-refractivity contribution in [3.8, 4) is 5.75 Å². The highest BCUT2D eigenvalue weighted by atomic mass is 16.5. The Bertz CT molecular complexity index is 794. The quantitative estimate of drug-likeness (QED) is 0.483. The van der Waals surface area contributed by atoms with Crippen LogP contribution in [0, 0.1) is 11.3 Å². The SMILES string of the molecule is COc1ccc(CN=C(NCCc2ccco2)NCC2CCCOC2C(C)(C)C)cc1. The van der Waals surface area contributed by atoms with Gasteiger partial charge in [-0.15, -0.1) is 0 Å². The zero-order valence-electron chi connectivity index (χ0n) is 19.3. The van der Waals surface area contributed by atoms with Crippen LogP contribution in [0.2, 0.25) is 0 Å². The molecule has 0 spiro atoms. The zero-order valence-corrected chi connectivity index (χ0v) is 19.3. The molecular weight excluding hydrogens is 390 g/mol. The van der Waals surface area contributed by atoms with E-state index in [4.69, 9.17) is 18.9 Å². The molecule has 2 atom stereocenters. The Morgan fingerprint density at radius 1 is 1.16 bits per heavy atom. The van der Waals surface area contributed by atoms with Crippen LogP contribution in [-0.2, 0) is 17.7 Å². The molecule has 31 heavy (non-hydrogen) atoms. The van der Waals surface area contributed by atoms with E-state index in [0.29, 0.717) is 12.5 Å². The molecule has 1 saturated heterocycles. The van der Waals surface area contributed by atoms with Crippen molar-refractivity contribution >= 4 is 5.96 Å². The van der Waals surface area contributed by atoms with Gasteiger partial charge in [0, 0.05) is 32.0 Å². The molecule has 2 N–H and O–H groups in total. The van der Waals surface area contributed by atoms with E-state index >= 15 is 0 Å². The number of guanidine groups is 1. The third-order valence-electron chi connectivity index (χ3n) is 5.65. The van der Waals surface area contributed by atoms with Crippen molar-refractivity contribution in [2.24, 2.45) is 16.3 Å². The number of furan rings is 1. The molecule has 2 aromatic rings. The molecule has 0 radical (unpaired) electrons. The summed E-state index contributed by atoms with van der Waals surface area (Å²) < 4.78 is 16.8. The molecule has 170 valence electrons. The minimum absolute atomic E-state index is 0.125. The summed E-state index contributed by atoms with van der Waals surface area (Å²) in [5.41, 5.74) is 1.27. The third kappa shape index (κ3) is 7.31. The second-order valence-corrected chi connectivity index (χ2v) is 9.21. The Labute approximate surface area is 186 Å². The van der Waals surface area contributed by atoms with Gasteiger partial charge in [0.25, 0.3) is 0 Å². The van der Waals surface area contributed by atoms with Crippen LogP contribution in [-0.4, -0.2) is 38.9 Å².